The van der Waals surface area contributed by atoms with E-state index in [2.05, 4.69) is 10.5 Å². The number of aromatic nitrogens is 1. The van der Waals surface area contributed by atoms with E-state index in [-0.39, 0.29) is 11.3 Å². The molecule has 0 aliphatic heterocycles. The minimum Gasteiger partial charge on any atom is -0.361 e. The fourth-order valence-corrected chi connectivity index (χ4v) is 1.19. The molecule has 1 amide bonds. The van der Waals surface area contributed by atoms with Crippen molar-refractivity contribution in [3.63, 3.8) is 0 Å². The molecule has 1 heterocycles. The normalized spacial score (nSPS) is 11.5. The fourth-order valence-electron chi connectivity index (χ4n) is 1.19. The molecule has 0 unspecified atom stereocenters. The highest BCUT2D eigenvalue weighted by atomic mass is 16.5. The Labute approximate surface area is 90.0 Å². The molecule has 4 nitrogen and oxygen atoms in total. The second-order valence-electron chi connectivity index (χ2n) is 4.74. The Kier molecular flexibility index (Phi) is 3.17. The van der Waals surface area contributed by atoms with Gasteiger partial charge in [-0.2, -0.15) is 0 Å². The zero-order valence-corrected chi connectivity index (χ0v) is 9.97. The highest BCUT2D eigenvalue weighted by Gasteiger charge is 2.21. The van der Waals surface area contributed by atoms with Crippen LogP contribution in [0.2, 0.25) is 0 Å². The van der Waals surface area contributed by atoms with Crippen molar-refractivity contribution in [3.8, 4) is 0 Å². The zero-order chi connectivity index (χ0) is 11.6. The topological polar surface area (TPSA) is 55.1 Å². The third-order valence-corrected chi connectivity index (χ3v) is 2.29. The van der Waals surface area contributed by atoms with Crippen LogP contribution in [0.15, 0.2) is 4.52 Å². The van der Waals surface area contributed by atoms with Crippen LogP contribution in [0.3, 0.4) is 0 Å². The van der Waals surface area contributed by atoms with Crippen LogP contribution in [-0.4, -0.2) is 11.1 Å². The van der Waals surface area contributed by atoms with Gasteiger partial charge < -0.3 is 9.84 Å². The Morgan fingerprint density at radius 2 is 2.00 bits per heavy atom. The van der Waals surface area contributed by atoms with Crippen LogP contribution in [-0.2, 0) is 11.3 Å². The smallest absolute Gasteiger partial charge is 0.225 e. The lowest BCUT2D eigenvalue weighted by atomic mass is 9.95. The minimum atomic E-state index is -0.362. The minimum absolute atomic E-state index is 0.0301. The summed E-state index contributed by atoms with van der Waals surface area (Å²) in [4.78, 5) is 11.6. The van der Waals surface area contributed by atoms with E-state index in [9.17, 15) is 4.79 Å². The van der Waals surface area contributed by atoms with Gasteiger partial charge in [-0.3, -0.25) is 4.79 Å². The summed E-state index contributed by atoms with van der Waals surface area (Å²) in [6.07, 6.45) is 0. The van der Waals surface area contributed by atoms with Gasteiger partial charge >= 0.3 is 0 Å². The molecule has 4 heteroatoms. The number of amides is 1. The summed E-state index contributed by atoms with van der Waals surface area (Å²) in [6, 6.07) is 0. The molecule has 0 saturated heterocycles. The monoisotopic (exact) mass is 210 g/mol. The SMILES string of the molecule is Cc1noc(C)c1CNC(=O)C(C)(C)C. The molecule has 0 spiro atoms. The first-order valence-electron chi connectivity index (χ1n) is 5.02. The quantitative estimate of drug-likeness (QED) is 0.811. The van der Waals surface area contributed by atoms with Crippen LogP contribution in [0.4, 0.5) is 0 Å². The number of nitrogens with zero attached hydrogens (tertiary/aromatic N) is 1. The molecule has 0 saturated carbocycles. The lowest BCUT2D eigenvalue weighted by molar-refractivity contribution is -0.128. The van der Waals surface area contributed by atoms with Crippen LogP contribution in [0, 0.1) is 19.3 Å². The van der Waals surface area contributed by atoms with Crippen molar-refractivity contribution < 1.29 is 9.32 Å². The molecule has 0 atom stereocenters. The summed E-state index contributed by atoms with van der Waals surface area (Å²) >= 11 is 0. The van der Waals surface area contributed by atoms with E-state index in [4.69, 9.17) is 4.52 Å². The van der Waals surface area contributed by atoms with Gasteiger partial charge in [0.2, 0.25) is 5.91 Å². The van der Waals surface area contributed by atoms with E-state index in [0.717, 1.165) is 17.0 Å². The Hall–Kier alpha value is -1.32. The summed E-state index contributed by atoms with van der Waals surface area (Å²) in [5, 5.41) is 6.70. The highest BCUT2D eigenvalue weighted by molar-refractivity contribution is 5.81. The van der Waals surface area contributed by atoms with Crippen LogP contribution in [0.1, 0.15) is 37.8 Å². The third-order valence-electron chi connectivity index (χ3n) is 2.29. The molecule has 0 aromatic carbocycles. The Balaban J connectivity index is 2.62. The maximum Gasteiger partial charge on any atom is 0.225 e. The average Bonchev–Trinajstić information content (AvgIpc) is 2.41. The number of carbonyl (C=O) groups excluding carboxylic acids is 1. The van der Waals surface area contributed by atoms with E-state index in [1.807, 2.05) is 34.6 Å². The number of aryl methyl sites for hydroxylation is 2. The fraction of sp³-hybridized carbons (Fsp3) is 0.636. The lowest BCUT2D eigenvalue weighted by Crippen LogP contribution is -2.34. The first-order chi connectivity index (χ1) is 6.82. The molecule has 0 aliphatic rings. The molecule has 15 heavy (non-hydrogen) atoms. The van der Waals surface area contributed by atoms with Crippen molar-refractivity contribution in [2.45, 2.75) is 41.2 Å². The van der Waals surface area contributed by atoms with Crippen LogP contribution < -0.4 is 5.32 Å². The second-order valence-corrected chi connectivity index (χ2v) is 4.74. The summed E-state index contributed by atoms with van der Waals surface area (Å²) in [6.45, 7) is 9.85. The van der Waals surface area contributed by atoms with Gasteiger partial charge in [-0.05, 0) is 13.8 Å². The maximum absolute atomic E-state index is 11.6. The molecule has 84 valence electrons. The average molecular weight is 210 g/mol. The Morgan fingerprint density at radius 3 is 2.40 bits per heavy atom. The molecule has 1 rings (SSSR count). The number of nitrogens with one attached hydrogen (secondary N) is 1. The molecular formula is C11H18N2O2. The highest BCUT2D eigenvalue weighted by Crippen LogP contribution is 2.15. The third kappa shape index (κ3) is 2.81. The molecule has 0 aliphatic carbocycles. The van der Waals surface area contributed by atoms with Crippen molar-refractivity contribution in [2.24, 2.45) is 5.41 Å². The lowest BCUT2D eigenvalue weighted by Gasteiger charge is -2.17. The van der Waals surface area contributed by atoms with Crippen molar-refractivity contribution in [3.05, 3.63) is 17.0 Å². The Morgan fingerprint density at radius 1 is 1.40 bits per heavy atom. The van der Waals surface area contributed by atoms with Gasteiger partial charge in [0, 0.05) is 17.5 Å². The van der Waals surface area contributed by atoms with Crippen LogP contribution >= 0.6 is 0 Å². The van der Waals surface area contributed by atoms with Crippen molar-refractivity contribution in [1.82, 2.24) is 10.5 Å². The predicted molar refractivity (Wildman–Crippen MR) is 57.3 cm³/mol. The van der Waals surface area contributed by atoms with E-state index < -0.39 is 0 Å². The zero-order valence-electron chi connectivity index (χ0n) is 9.97. The van der Waals surface area contributed by atoms with Gasteiger partial charge in [-0.15, -0.1) is 0 Å². The summed E-state index contributed by atoms with van der Waals surface area (Å²) in [7, 11) is 0. The van der Waals surface area contributed by atoms with Crippen LogP contribution in [0.25, 0.3) is 0 Å². The van der Waals surface area contributed by atoms with Crippen molar-refractivity contribution in [2.75, 3.05) is 0 Å². The summed E-state index contributed by atoms with van der Waals surface area (Å²) in [5.74, 6) is 0.796. The van der Waals surface area contributed by atoms with Gasteiger partial charge in [0.15, 0.2) is 0 Å². The summed E-state index contributed by atoms with van der Waals surface area (Å²) < 4.78 is 5.01. The molecule has 1 N–H and O–H groups in total. The molecule has 0 radical (unpaired) electrons. The largest absolute Gasteiger partial charge is 0.361 e. The van der Waals surface area contributed by atoms with Crippen LogP contribution in [0.5, 0.6) is 0 Å². The van der Waals surface area contributed by atoms with Crippen molar-refractivity contribution in [1.29, 1.82) is 0 Å². The number of carbonyl (C=O) groups is 1. The van der Waals surface area contributed by atoms with Gasteiger partial charge in [0.05, 0.1) is 5.69 Å². The van der Waals surface area contributed by atoms with E-state index >= 15 is 0 Å². The van der Waals surface area contributed by atoms with Crippen molar-refractivity contribution >= 4 is 5.91 Å². The standard InChI is InChI=1S/C11H18N2O2/c1-7-9(8(2)15-13-7)6-12-10(14)11(3,4)5/h6H2,1-5H3,(H,12,14). The van der Waals surface area contributed by atoms with Gasteiger partial charge in [-0.1, -0.05) is 25.9 Å². The predicted octanol–water partition coefficient (Wildman–Crippen LogP) is 1.95. The molecule has 1 aromatic heterocycles. The number of hydrogen-bond donors (Lipinski definition) is 1. The summed E-state index contributed by atoms with van der Waals surface area (Å²) in [5.41, 5.74) is 1.44. The number of rotatable bonds is 2. The van der Waals surface area contributed by atoms with E-state index in [1.54, 1.807) is 0 Å². The van der Waals surface area contributed by atoms with Gasteiger partial charge in [-0.25, -0.2) is 0 Å². The first kappa shape index (κ1) is 11.8. The molecule has 1 aromatic rings. The first-order valence-corrected chi connectivity index (χ1v) is 5.02. The van der Waals surface area contributed by atoms with E-state index in [1.165, 1.54) is 0 Å². The maximum atomic E-state index is 11.6. The molecule has 0 bridgehead atoms. The van der Waals surface area contributed by atoms with Gasteiger partial charge in [0.25, 0.3) is 0 Å². The Bertz CT molecular complexity index is 342. The molecular weight excluding hydrogens is 192 g/mol. The van der Waals surface area contributed by atoms with E-state index in [0.29, 0.717) is 6.54 Å². The molecule has 0 fully saturated rings. The number of hydrogen-bond acceptors (Lipinski definition) is 3. The second kappa shape index (κ2) is 4.04. The van der Waals surface area contributed by atoms with Gasteiger partial charge in [0.1, 0.15) is 5.76 Å².